The number of fused-ring (bicyclic) bond motifs is 1. The van der Waals surface area contributed by atoms with E-state index >= 15 is 0 Å². The zero-order chi connectivity index (χ0) is 11.4. The van der Waals surface area contributed by atoms with Crippen molar-refractivity contribution in [1.29, 1.82) is 0 Å². The summed E-state index contributed by atoms with van der Waals surface area (Å²) in [5, 5.41) is 8.26. The molecule has 82 valence electrons. The van der Waals surface area contributed by atoms with Crippen molar-refractivity contribution in [3.8, 4) is 0 Å². The Kier molecular flexibility index (Phi) is 3.89. The van der Waals surface area contributed by atoms with Gasteiger partial charge in [0.25, 0.3) is 0 Å². The quantitative estimate of drug-likeness (QED) is 0.746. The van der Waals surface area contributed by atoms with Crippen LogP contribution in [-0.2, 0) is 0 Å². The molecule has 0 saturated carbocycles. The van der Waals surface area contributed by atoms with Gasteiger partial charge in [-0.1, -0.05) is 33.8 Å². The Morgan fingerprint density at radius 2 is 1.87 bits per heavy atom. The third kappa shape index (κ3) is 2.20. The number of aromatic nitrogens is 2. The van der Waals surface area contributed by atoms with Gasteiger partial charge >= 0.3 is 0 Å². The number of benzene rings is 1. The Morgan fingerprint density at radius 3 is 2.47 bits per heavy atom. The highest BCUT2D eigenvalue weighted by Crippen LogP contribution is 2.25. The van der Waals surface area contributed by atoms with Gasteiger partial charge in [0.05, 0.1) is 11.7 Å². The fourth-order valence-corrected chi connectivity index (χ4v) is 1.80. The Morgan fingerprint density at radius 1 is 1.20 bits per heavy atom. The number of nitrogens with one attached hydrogen (secondary N) is 1. The van der Waals surface area contributed by atoms with Crippen molar-refractivity contribution < 1.29 is 0 Å². The Hall–Kier alpha value is -1.31. The molecule has 0 aliphatic rings. The number of hydrogen-bond donors (Lipinski definition) is 1. The maximum absolute atomic E-state index is 4.04. The molecule has 1 aromatic heterocycles. The molecule has 15 heavy (non-hydrogen) atoms. The summed E-state index contributed by atoms with van der Waals surface area (Å²) in [4.78, 5) is 0. The van der Waals surface area contributed by atoms with Crippen LogP contribution in [-0.4, -0.2) is 10.2 Å². The van der Waals surface area contributed by atoms with Gasteiger partial charge in [0.15, 0.2) is 0 Å². The fourth-order valence-electron chi connectivity index (χ4n) is 1.80. The lowest BCUT2D eigenvalue weighted by molar-refractivity contribution is 0.859. The fraction of sp³-hybridized carbons (Fsp3) is 0.462. The molecular formula is C13H20N2. The second-order valence-corrected chi connectivity index (χ2v) is 3.77. The Bertz CT molecular complexity index is 427. The molecule has 1 aromatic carbocycles. The zero-order valence-corrected chi connectivity index (χ0v) is 10.3. The average molecular weight is 204 g/mol. The molecule has 0 aliphatic heterocycles. The van der Waals surface area contributed by atoms with Gasteiger partial charge in [-0.15, -0.1) is 0 Å². The second-order valence-electron chi connectivity index (χ2n) is 3.77. The summed E-state index contributed by atoms with van der Waals surface area (Å²) in [6.45, 7) is 10.6. The van der Waals surface area contributed by atoms with E-state index in [9.17, 15) is 0 Å². The first-order valence-corrected chi connectivity index (χ1v) is 5.62. The number of hydrogen-bond acceptors (Lipinski definition) is 1. The maximum atomic E-state index is 4.04. The van der Waals surface area contributed by atoms with Crippen molar-refractivity contribution in [2.24, 2.45) is 0 Å². The smallest absolute Gasteiger partial charge is 0.0653 e. The first-order valence-electron chi connectivity index (χ1n) is 5.62. The molecule has 0 saturated heterocycles. The third-order valence-corrected chi connectivity index (χ3v) is 2.56. The molecule has 1 heterocycles. The summed E-state index contributed by atoms with van der Waals surface area (Å²) in [7, 11) is 0. The SMILES string of the molecule is CC.Cc1c(C(C)C)ccc2[nH]ncc12. The lowest BCUT2D eigenvalue weighted by atomic mass is 9.96. The van der Waals surface area contributed by atoms with Crippen LogP contribution in [0.1, 0.15) is 44.7 Å². The molecule has 0 aliphatic carbocycles. The highest BCUT2D eigenvalue weighted by Gasteiger charge is 2.07. The maximum Gasteiger partial charge on any atom is 0.0653 e. The lowest BCUT2D eigenvalue weighted by Gasteiger charge is -2.09. The normalized spacial score (nSPS) is 10.3. The number of rotatable bonds is 1. The van der Waals surface area contributed by atoms with Crippen LogP contribution < -0.4 is 0 Å². The van der Waals surface area contributed by atoms with E-state index < -0.39 is 0 Å². The van der Waals surface area contributed by atoms with E-state index in [-0.39, 0.29) is 0 Å². The molecule has 0 atom stereocenters. The summed E-state index contributed by atoms with van der Waals surface area (Å²) in [6, 6.07) is 4.28. The van der Waals surface area contributed by atoms with Crippen LogP contribution in [0, 0.1) is 6.92 Å². The molecule has 2 heteroatoms. The highest BCUT2D eigenvalue weighted by molar-refractivity contribution is 5.82. The summed E-state index contributed by atoms with van der Waals surface area (Å²) in [5.74, 6) is 0.583. The van der Waals surface area contributed by atoms with E-state index in [1.54, 1.807) is 0 Å². The van der Waals surface area contributed by atoms with E-state index in [4.69, 9.17) is 0 Å². The van der Waals surface area contributed by atoms with Crippen LogP contribution in [0.3, 0.4) is 0 Å². The van der Waals surface area contributed by atoms with Crippen molar-refractivity contribution in [3.05, 3.63) is 29.5 Å². The van der Waals surface area contributed by atoms with Crippen molar-refractivity contribution in [2.75, 3.05) is 0 Å². The van der Waals surface area contributed by atoms with Crippen LogP contribution in [0.15, 0.2) is 18.3 Å². The van der Waals surface area contributed by atoms with Crippen LogP contribution in [0.25, 0.3) is 10.9 Å². The van der Waals surface area contributed by atoms with E-state index in [2.05, 4.69) is 43.1 Å². The predicted molar refractivity (Wildman–Crippen MR) is 66.3 cm³/mol. The van der Waals surface area contributed by atoms with E-state index in [0.29, 0.717) is 5.92 Å². The molecule has 0 radical (unpaired) electrons. The third-order valence-electron chi connectivity index (χ3n) is 2.56. The number of aryl methyl sites for hydroxylation is 1. The Balaban J connectivity index is 0.000000531. The number of aromatic amines is 1. The van der Waals surface area contributed by atoms with Gasteiger partial charge in [-0.2, -0.15) is 5.10 Å². The van der Waals surface area contributed by atoms with Gasteiger partial charge in [-0.05, 0) is 30.0 Å². The topological polar surface area (TPSA) is 28.7 Å². The van der Waals surface area contributed by atoms with E-state index in [1.807, 2.05) is 20.0 Å². The summed E-state index contributed by atoms with van der Waals surface area (Å²) >= 11 is 0. The van der Waals surface area contributed by atoms with Gasteiger partial charge < -0.3 is 0 Å². The molecule has 2 nitrogen and oxygen atoms in total. The summed E-state index contributed by atoms with van der Waals surface area (Å²) in [5.41, 5.74) is 3.89. The summed E-state index contributed by atoms with van der Waals surface area (Å²) < 4.78 is 0. The molecular weight excluding hydrogens is 184 g/mol. The van der Waals surface area contributed by atoms with Gasteiger partial charge in [0.1, 0.15) is 0 Å². The van der Waals surface area contributed by atoms with Crippen LogP contribution in [0.4, 0.5) is 0 Å². The van der Waals surface area contributed by atoms with Gasteiger partial charge in [-0.25, -0.2) is 0 Å². The molecule has 1 N–H and O–H groups in total. The van der Waals surface area contributed by atoms with Gasteiger partial charge in [0, 0.05) is 5.39 Å². The zero-order valence-electron chi connectivity index (χ0n) is 10.3. The first kappa shape index (κ1) is 11.8. The van der Waals surface area contributed by atoms with Crippen LogP contribution >= 0.6 is 0 Å². The van der Waals surface area contributed by atoms with E-state index in [1.165, 1.54) is 16.5 Å². The van der Waals surface area contributed by atoms with Crippen molar-refractivity contribution >= 4 is 10.9 Å². The highest BCUT2D eigenvalue weighted by atomic mass is 15.1. The minimum atomic E-state index is 0.583. The van der Waals surface area contributed by atoms with Crippen LogP contribution in [0.2, 0.25) is 0 Å². The van der Waals surface area contributed by atoms with Gasteiger partial charge in [-0.3, -0.25) is 5.10 Å². The van der Waals surface area contributed by atoms with Crippen molar-refractivity contribution in [2.45, 2.75) is 40.5 Å². The molecule has 0 amide bonds. The molecule has 0 unspecified atom stereocenters. The number of H-pyrrole nitrogens is 1. The molecule has 0 fully saturated rings. The lowest BCUT2D eigenvalue weighted by Crippen LogP contribution is -1.91. The largest absolute Gasteiger partial charge is 0.278 e. The average Bonchev–Trinajstić information content (AvgIpc) is 2.69. The Labute approximate surface area is 91.7 Å². The second kappa shape index (κ2) is 4.96. The van der Waals surface area contributed by atoms with Crippen molar-refractivity contribution in [1.82, 2.24) is 10.2 Å². The molecule has 0 bridgehead atoms. The minimum Gasteiger partial charge on any atom is -0.278 e. The van der Waals surface area contributed by atoms with E-state index in [0.717, 1.165) is 5.52 Å². The predicted octanol–water partition coefficient (Wildman–Crippen LogP) is 4.02. The monoisotopic (exact) mass is 204 g/mol. The molecule has 2 rings (SSSR count). The van der Waals surface area contributed by atoms with Crippen LogP contribution in [0.5, 0.6) is 0 Å². The molecule has 2 aromatic rings. The minimum absolute atomic E-state index is 0.583. The molecule has 0 spiro atoms. The number of nitrogens with zero attached hydrogens (tertiary/aromatic N) is 1. The van der Waals surface area contributed by atoms with Gasteiger partial charge in [0.2, 0.25) is 0 Å². The standard InChI is InChI=1S/C11H14N2.C2H6/c1-7(2)9-4-5-11-10(8(9)3)6-12-13-11;1-2/h4-7H,1-3H3,(H,12,13);1-2H3. The summed E-state index contributed by atoms with van der Waals surface area (Å²) in [6.07, 6.45) is 1.90. The van der Waals surface area contributed by atoms with Crippen molar-refractivity contribution in [3.63, 3.8) is 0 Å². The first-order chi connectivity index (χ1) is 7.20.